The highest BCUT2D eigenvalue weighted by Gasteiger charge is 2.33. The van der Waals surface area contributed by atoms with Gasteiger partial charge in [-0.15, -0.1) is 0 Å². The molecule has 2 amide bonds. The van der Waals surface area contributed by atoms with Crippen LogP contribution in [0, 0.1) is 0 Å². The highest BCUT2D eigenvalue weighted by molar-refractivity contribution is 5.87. The molecule has 0 aliphatic carbocycles. The lowest BCUT2D eigenvalue weighted by molar-refractivity contribution is -0.147. The normalized spacial score (nSPS) is 17.1. The maximum absolute atomic E-state index is 11.9. The van der Waals surface area contributed by atoms with Gasteiger partial charge in [-0.2, -0.15) is 0 Å². The summed E-state index contributed by atoms with van der Waals surface area (Å²) in [5.41, 5.74) is 0.731. The van der Waals surface area contributed by atoms with Gasteiger partial charge in [0.15, 0.2) is 0 Å². The van der Waals surface area contributed by atoms with E-state index in [0.29, 0.717) is 19.4 Å². The lowest BCUT2D eigenvalue weighted by Gasteiger charge is -2.21. The van der Waals surface area contributed by atoms with Crippen molar-refractivity contribution in [2.24, 2.45) is 0 Å². The molecule has 2 rings (SSSR count). The monoisotopic (exact) mass is 307 g/mol. The summed E-state index contributed by atoms with van der Waals surface area (Å²) in [6, 6.07) is 2.67. The van der Waals surface area contributed by atoms with Crippen LogP contribution in [0.15, 0.2) is 24.5 Å². The number of carbonyl (C=O) groups is 3. The molecule has 1 aromatic heterocycles. The highest BCUT2D eigenvalue weighted by Crippen LogP contribution is 2.17. The van der Waals surface area contributed by atoms with Crippen molar-refractivity contribution in [3.05, 3.63) is 30.1 Å². The molecule has 1 saturated heterocycles. The molecule has 0 spiro atoms. The Morgan fingerprint density at radius 2 is 2.27 bits per heavy atom. The van der Waals surface area contributed by atoms with Gasteiger partial charge in [0.1, 0.15) is 19.2 Å². The van der Waals surface area contributed by atoms with Crippen molar-refractivity contribution in [3.63, 3.8) is 0 Å². The van der Waals surface area contributed by atoms with Crippen LogP contribution in [0.5, 0.6) is 0 Å². The number of nitrogens with one attached hydrogen (secondary N) is 1. The van der Waals surface area contributed by atoms with Crippen LogP contribution in [0.1, 0.15) is 18.4 Å². The number of aromatic nitrogens is 1. The molecule has 1 aliphatic rings. The van der Waals surface area contributed by atoms with Gasteiger partial charge in [0, 0.05) is 24.5 Å². The van der Waals surface area contributed by atoms with Gasteiger partial charge in [0.05, 0.1) is 0 Å². The summed E-state index contributed by atoms with van der Waals surface area (Å²) < 4.78 is 4.94. The first kappa shape index (κ1) is 15.7. The molecule has 2 heterocycles. The van der Waals surface area contributed by atoms with Crippen LogP contribution in [0.2, 0.25) is 0 Å². The summed E-state index contributed by atoms with van der Waals surface area (Å²) >= 11 is 0. The lowest BCUT2D eigenvalue weighted by atomic mass is 10.2. The van der Waals surface area contributed by atoms with Crippen LogP contribution in [-0.2, 0) is 20.9 Å². The molecule has 1 atom stereocenters. The van der Waals surface area contributed by atoms with Gasteiger partial charge in [-0.05, 0) is 18.9 Å². The molecule has 0 radical (unpaired) electrons. The van der Waals surface area contributed by atoms with Gasteiger partial charge in [-0.1, -0.05) is 6.07 Å². The molecular weight excluding hydrogens is 290 g/mol. The zero-order valence-corrected chi connectivity index (χ0v) is 11.9. The smallest absolute Gasteiger partial charge is 0.407 e. The minimum Gasteiger partial charge on any atom is -0.480 e. The molecule has 0 unspecified atom stereocenters. The van der Waals surface area contributed by atoms with Gasteiger partial charge in [-0.3, -0.25) is 9.78 Å². The molecule has 1 fully saturated rings. The number of rotatable bonds is 5. The molecule has 1 aromatic rings. The van der Waals surface area contributed by atoms with Crippen LogP contribution in [0.25, 0.3) is 0 Å². The van der Waals surface area contributed by atoms with Crippen LogP contribution >= 0.6 is 0 Å². The Morgan fingerprint density at radius 3 is 2.95 bits per heavy atom. The minimum absolute atomic E-state index is 0.0509. The van der Waals surface area contributed by atoms with Crippen molar-refractivity contribution in [1.82, 2.24) is 15.2 Å². The summed E-state index contributed by atoms with van der Waals surface area (Å²) in [4.78, 5) is 39.6. The van der Waals surface area contributed by atoms with Crippen molar-refractivity contribution in [1.29, 1.82) is 0 Å². The maximum atomic E-state index is 11.9. The average Bonchev–Trinajstić information content (AvgIpc) is 3.01. The van der Waals surface area contributed by atoms with Gasteiger partial charge < -0.3 is 20.1 Å². The van der Waals surface area contributed by atoms with Crippen LogP contribution < -0.4 is 5.32 Å². The molecule has 0 saturated carbocycles. The zero-order chi connectivity index (χ0) is 15.9. The lowest BCUT2D eigenvalue weighted by Crippen LogP contribution is -2.45. The third-order valence-electron chi connectivity index (χ3n) is 3.33. The zero-order valence-electron chi connectivity index (χ0n) is 11.9. The molecule has 1 aliphatic heterocycles. The van der Waals surface area contributed by atoms with Crippen molar-refractivity contribution in [2.45, 2.75) is 25.5 Å². The Kier molecular flexibility index (Phi) is 5.29. The maximum Gasteiger partial charge on any atom is 0.407 e. The first-order valence-electron chi connectivity index (χ1n) is 6.89. The van der Waals surface area contributed by atoms with E-state index in [9.17, 15) is 14.4 Å². The molecule has 118 valence electrons. The van der Waals surface area contributed by atoms with Gasteiger partial charge in [0.25, 0.3) is 0 Å². The number of alkyl carbamates (subject to hydrolysis) is 1. The van der Waals surface area contributed by atoms with Crippen molar-refractivity contribution in [2.75, 3.05) is 13.1 Å². The quantitative estimate of drug-likeness (QED) is 0.814. The second kappa shape index (κ2) is 7.39. The molecule has 2 N–H and O–H groups in total. The molecule has 22 heavy (non-hydrogen) atoms. The number of nitrogens with zero attached hydrogens (tertiary/aromatic N) is 2. The summed E-state index contributed by atoms with van der Waals surface area (Å²) in [6.07, 6.45) is 3.53. The number of hydrogen-bond acceptors (Lipinski definition) is 5. The number of likely N-dealkylation sites (tertiary alicyclic amines) is 1. The first-order chi connectivity index (χ1) is 10.6. The van der Waals surface area contributed by atoms with E-state index in [4.69, 9.17) is 9.84 Å². The van der Waals surface area contributed by atoms with E-state index < -0.39 is 24.0 Å². The number of aliphatic carboxylic acids is 1. The second-order valence-corrected chi connectivity index (χ2v) is 4.87. The number of amides is 2. The third kappa shape index (κ3) is 4.18. The Bertz CT molecular complexity index is 549. The van der Waals surface area contributed by atoms with Crippen molar-refractivity contribution >= 4 is 18.0 Å². The molecular formula is C14H17N3O5. The standard InChI is InChI=1S/C14H17N3O5/c18-12(17-6-2-4-11(17)13(19)20)8-16-14(21)22-9-10-3-1-5-15-7-10/h1,3,5,7,11H,2,4,6,8-9H2,(H,16,21)(H,19,20)/t11-/m0/s1. The average molecular weight is 307 g/mol. The first-order valence-corrected chi connectivity index (χ1v) is 6.89. The number of hydrogen-bond donors (Lipinski definition) is 2. The van der Waals surface area contributed by atoms with E-state index in [1.54, 1.807) is 24.5 Å². The fourth-order valence-electron chi connectivity index (χ4n) is 2.25. The summed E-state index contributed by atoms with van der Waals surface area (Å²) in [5, 5.41) is 11.3. The third-order valence-corrected chi connectivity index (χ3v) is 3.33. The number of carbonyl (C=O) groups excluding carboxylic acids is 2. The minimum atomic E-state index is -1.02. The van der Waals surface area contributed by atoms with Gasteiger partial charge >= 0.3 is 12.1 Å². The largest absolute Gasteiger partial charge is 0.480 e. The Hall–Kier alpha value is -2.64. The van der Waals surface area contributed by atoms with Crippen LogP contribution in [-0.4, -0.2) is 52.1 Å². The summed E-state index contributed by atoms with van der Waals surface area (Å²) in [5.74, 6) is -1.45. The van der Waals surface area contributed by atoms with E-state index in [0.717, 1.165) is 5.56 Å². The number of carboxylic acids is 1. The van der Waals surface area contributed by atoms with E-state index in [1.807, 2.05) is 0 Å². The van der Waals surface area contributed by atoms with Crippen molar-refractivity contribution in [3.8, 4) is 0 Å². The topological polar surface area (TPSA) is 109 Å². The van der Waals surface area contributed by atoms with E-state index in [-0.39, 0.29) is 13.2 Å². The Morgan fingerprint density at radius 1 is 1.45 bits per heavy atom. The molecule has 0 aromatic carbocycles. The van der Waals surface area contributed by atoms with Crippen LogP contribution in [0.3, 0.4) is 0 Å². The predicted octanol–water partition coefficient (Wildman–Crippen LogP) is 0.383. The number of ether oxygens (including phenoxy) is 1. The van der Waals surface area contributed by atoms with E-state index in [2.05, 4.69) is 10.3 Å². The highest BCUT2D eigenvalue weighted by atomic mass is 16.5. The SMILES string of the molecule is O=C(NCC(=O)N1CCC[C@H]1C(=O)O)OCc1cccnc1. The Labute approximate surface area is 127 Å². The number of carboxylic acid groups (broad SMARTS) is 1. The van der Waals surface area contributed by atoms with Crippen LogP contribution in [0.4, 0.5) is 4.79 Å². The van der Waals surface area contributed by atoms with Crippen molar-refractivity contribution < 1.29 is 24.2 Å². The van der Waals surface area contributed by atoms with Gasteiger partial charge in [0.2, 0.25) is 5.91 Å². The summed E-state index contributed by atoms with van der Waals surface area (Å²) in [7, 11) is 0. The van der Waals surface area contributed by atoms with E-state index >= 15 is 0 Å². The second-order valence-electron chi connectivity index (χ2n) is 4.87. The molecule has 0 bridgehead atoms. The molecule has 8 nitrogen and oxygen atoms in total. The van der Waals surface area contributed by atoms with Gasteiger partial charge in [-0.25, -0.2) is 9.59 Å². The van der Waals surface area contributed by atoms with E-state index in [1.165, 1.54) is 4.90 Å². The predicted molar refractivity (Wildman–Crippen MR) is 74.8 cm³/mol. The fraction of sp³-hybridized carbons (Fsp3) is 0.429. The molecule has 8 heteroatoms. The number of pyridine rings is 1. The fourth-order valence-corrected chi connectivity index (χ4v) is 2.25. The summed E-state index contributed by atoms with van der Waals surface area (Å²) in [6.45, 7) is 0.160. The Balaban J connectivity index is 1.74.